The predicted octanol–water partition coefficient (Wildman–Crippen LogP) is 4.43. The first-order valence-electron chi connectivity index (χ1n) is 10.7. The van der Waals surface area contributed by atoms with Crippen LogP contribution < -0.4 is 10.1 Å². The summed E-state index contributed by atoms with van der Waals surface area (Å²) in [5.41, 5.74) is 3.12. The molecule has 0 bridgehead atoms. The van der Waals surface area contributed by atoms with Crippen molar-refractivity contribution in [2.75, 3.05) is 23.9 Å². The van der Waals surface area contributed by atoms with E-state index in [0.717, 1.165) is 21.5 Å². The van der Waals surface area contributed by atoms with Crippen LogP contribution in [0.5, 0.6) is 0 Å². The zero-order chi connectivity index (χ0) is 24.8. The summed E-state index contributed by atoms with van der Waals surface area (Å²) in [7, 11) is 1.34. The number of amides is 2. The van der Waals surface area contributed by atoms with Crippen molar-refractivity contribution in [2.45, 2.75) is 13.5 Å². The smallest absolute Gasteiger partial charge is 0.337 e. The van der Waals surface area contributed by atoms with E-state index in [-0.39, 0.29) is 23.3 Å². The molecule has 0 saturated carbocycles. The number of aromatic nitrogens is 2. The molecule has 2 amide bonds. The number of esters is 1. The summed E-state index contributed by atoms with van der Waals surface area (Å²) in [5, 5.41) is 5.19. The quantitative estimate of drug-likeness (QED) is 0.341. The molecule has 1 N–H and O–H groups in total. The number of rotatable bonds is 8. The van der Waals surface area contributed by atoms with Gasteiger partial charge in [0.15, 0.2) is 9.93 Å². The molecule has 0 aliphatic heterocycles. The van der Waals surface area contributed by atoms with Crippen LogP contribution in [-0.4, -0.2) is 46.0 Å². The maximum absolute atomic E-state index is 12.5. The number of thiazole rings is 2. The number of hydrogen-bond donors (Lipinski definition) is 1. The second-order valence-corrected chi connectivity index (χ2v) is 10.1. The van der Waals surface area contributed by atoms with E-state index in [1.54, 1.807) is 12.1 Å². The Labute approximate surface area is 213 Å². The molecule has 0 aliphatic rings. The SMILES string of the molecule is CCn1c(=NC(=O)CSCC(=O)Nc2nc(-c3ccccc3)cs2)sc2cc(C(=O)OC)ccc21. The molecule has 0 fully saturated rings. The van der Waals surface area contributed by atoms with Gasteiger partial charge in [-0.05, 0) is 25.1 Å². The highest BCUT2D eigenvalue weighted by atomic mass is 32.2. The molecule has 4 aromatic rings. The minimum absolute atomic E-state index is 0.0753. The molecule has 35 heavy (non-hydrogen) atoms. The van der Waals surface area contributed by atoms with E-state index in [4.69, 9.17) is 4.74 Å². The number of nitrogens with zero attached hydrogens (tertiary/aromatic N) is 3. The van der Waals surface area contributed by atoms with Gasteiger partial charge in [-0.3, -0.25) is 9.59 Å². The lowest BCUT2D eigenvalue weighted by molar-refractivity contribution is -0.115. The van der Waals surface area contributed by atoms with Crippen molar-refractivity contribution in [3.8, 4) is 11.3 Å². The van der Waals surface area contributed by atoms with Gasteiger partial charge in [-0.2, -0.15) is 4.99 Å². The molecule has 2 aromatic carbocycles. The number of aryl methyl sites for hydroxylation is 1. The molecule has 0 unspecified atom stereocenters. The Morgan fingerprint density at radius 1 is 1.14 bits per heavy atom. The minimum atomic E-state index is -0.415. The second kappa shape index (κ2) is 11.4. The number of ether oxygens (including phenoxy) is 1. The molecule has 180 valence electrons. The van der Waals surface area contributed by atoms with Gasteiger partial charge >= 0.3 is 5.97 Å². The molecule has 4 rings (SSSR count). The molecule has 0 saturated heterocycles. The van der Waals surface area contributed by atoms with Gasteiger partial charge in [-0.25, -0.2) is 9.78 Å². The number of hydrogen-bond acceptors (Lipinski definition) is 8. The lowest BCUT2D eigenvalue weighted by atomic mass is 10.2. The Kier molecular flexibility index (Phi) is 8.11. The number of carbonyl (C=O) groups excluding carboxylic acids is 3. The lowest BCUT2D eigenvalue weighted by Gasteiger charge is -2.02. The normalized spacial score (nSPS) is 11.5. The number of benzene rings is 2. The van der Waals surface area contributed by atoms with Crippen LogP contribution in [0.1, 0.15) is 17.3 Å². The maximum atomic E-state index is 12.5. The zero-order valence-corrected chi connectivity index (χ0v) is 21.5. The molecular formula is C24H22N4O4S3. The van der Waals surface area contributed by atoms with Crippen molar-refractivity contribution in [3.63, 3.8) is 0 Å². The molecule has 11 heteroatoms. The molecule has 0 spiro atoms. The summed E-state index contributed by atoms with van der Waals surface area (Å²) in [6.45, 7) is 2.59. The third kappa shape index (κ3) is 6.05. The van der Waals surface area contributed by atoms with E-state index in [9.17, 15) is 14.4 Å². The monoisotopic (exact) mass is 526 g/mol. The lowest BCUT2D eigenvalue weighted by Crippen LogP contribution is -2.18. The fourth-order valence-electron chi connectivity index (χ4n) is 3.31. The van der Waals surface area contributed by atoms with Crippen LogP contribution >= 0.6 is 34.4 Å². The van der Waals surface area contributed by atoms with E-state index in [1.165, 1.54) is 41.5 Å². The second-order valence-electron chi connectivity index (χ2n) is 7.25. The van der Waals surface area contributed by atoms with Crippen molar-refractivity contribution < 1.29 is 19.1 Å². The van der Waals surface area contributed by atoms with Gasteiger partial charge in [0.05, 0.1) is 40.1 Å². The van der Waals surface area contributed by atoms with E-state index in [2.05, 4.69) is 15.3 Å². The van der Waals surface area contributed by atoms with Crippen molar-refractivity contribution >= 4 is 67.6 Å². The Balaban J connectivity index is 1.35. The Bertz CT molecular complexity index is 1440. The van der Waals surface area contributed by atoms with Crippen LogP contribution in [0.25, 0.3) is 21.5 Å². The third-order valence-electron chi connectivity index (χ3n) is 4.92. The van der Waals surface area contributed by atoms with Crippen LogP contribution in [0.3, 0.4) is 0 Å². The number of anilines is 1. The maximum Gasteiger partial charge on any atom is 0.337 e. The number of carbonyl (C=O) groups is 3. The first-order chi connectivity index (χ1) is 17.0. The van der Waals surface area contributed by atoms with E-state index < -0.39 is 5.97 Å². The van der Waals surface area contributed by atoms with Gasteiger partial charge in [0.1, 0.15) is 0 Å². The highest BCUT2D eigenvalue weighted by Crippen LogP contribution is 2.24. The van der Waals surface area contributed by atoms with Gasteiger partial charge < -0.3 is 14.6 Å². The minimum Gasteiger partial charge on any atom is -0.465 e. The van der Waals surface area contributed by atoms with Crippen LogP contribution in [-0.2, 0) is 20.9 Å². The van der Waals surface area contributed by atoms with Crippen molar-refractivity contribution in [3.05, 3.63) is 64.3 Å². The Morgan fingerprint density at radius 3 is 2.69 bits per heavy atom. The van der Waals surface area contributed by atoms with Crippen LogP contribution in [0.15, 0.2) is 58.9 Å². The summed E-state index contributed by atoms with van der Waals surface area (Å²) in [6.07, 6.45) is 0. The van der Waals surface area contributed by atoms with E-state index in [0.29, 0.717) is 22.0 Å². The Hall–Kier alpha value is -3.28. The molecule has 0 aliphatic carbocycles. The number of thioether (sulfide) groups is 1. The topological polar surface area (TPSA) is 103 Å². The van der Waals surface area contributed by atoms with Crippen molar-refractivity contribution in [1.82, 2.24) is 9.55 Å². The first kappa shape index (κ1) is 24.8. The van der Waals surface area contributed by atoms with Crippen molar-refractivity contribution in [2.24, 2.45) is 4.99 Å². The third-order valence-corrected chi connectivity index (χ3v) is 7.64. The summed E-state index contributed by atoms with van der Waals surface area (Å²) in [6, 6.07) is 15.0. The average molecular weight is 527 g/mol. The fourth-order valence-corrected chi connectivity index (χ4v) is 5.79. The summed E-state index contributed by atoms with van der Waals surface area (Å²) >= 11 is 3.89. The van der Waals surface area contributed by atoms with Crippen LogP contribution in [0.4, 0.5) is 5.13 Å². The molecule has 0 atom stereocenters. The molecule has 2 aromatic heterocycles. The van der Waals surface area contributed by atoms with Gasteiger partial charge in [0.25, 0.3) is 5.91 Å². The highest BCUT2D eigenvalue weighted by molar-refractivity contribution is 8.00. The zero-order valence-electron chi connectivity index (χ0n) is 19.0. The average Bonchev–Trinajstić information content (AvgIpc) is 3.47. The first-order valence-corrected chi connectivity index (χ1v) is 13.5. The highest BCUT2D eigenvalue weighted by Gasteiger charge is 2.12. The fraction of sp³-hybridized carbons (Fsp3) is 0.208. The summed E-state index contributed by atoms with van der Waals surface area (Å²) in [4.78, 5) is 45.8. The molecular weight excluding hydrogens is 504 g/mol. The summed E-state index contributed by atoms with van der Waals surface area (Å²) < 4.78 is 7.54. The van der Waals surface area contributed by atoms with E-state index in [1.807, 2.05) is 53.3 Å². The van der Waals surface area contributed by atoms with E-state index >= 15 is 0 Å². The predicted molar refractivity (Wildman–Crippen MR) is 141 cm³/mol. The molecule has 8 nitrogen and oxygen atoms in total. The largest absolute Gasteiger partial charge is 0.465 e. The standard InChI is InChI=1S/C24H22N4O4S3/c1-3-28-18-10-9-16(22(31)32-2)11-19(18)35-24(28)27-21(30)14-33-13-20(29)26-23-25-17(12-34-23)15-7-5-4-6-8-15/h4-12H,3,13-14H2,1-2H3,(H,25,26,29). The van der Waals surface area contributed by atoms with Gasteiger partial charge in [-0.15, -0.1) is 23.1 Å². The number of nitrogens with one attached hydrogen (secondary N) is 1. The number of fused-ring (bicyclic) bond motifs is 1. The van der Waals surface area contributed by atoms with Crippen LogP contribution in [0.2, 0.25) is 0 Å². The molecule has 2 heterocycles. The number of methoxy groups -OCH3 is 1. The van der Waals surface area contributed by atoms with Gasteiger partial charge in [-0.1, -0.05) is 41.7 Å². The van der Waals surface area contributed by atoms with Gasteiger partial charge in [0.2, 0.25) is 5.91 Å². The molecule has 0 radical (unpaired) electrons. The van der Waals surface area contributed by atoms with Crippen molar-refractivity contribution in [1.29, 1.82) is 0 Å². The van der Waals surface area contributed by atoms with Gasteiger partial charge in [0, 0.05) is 17.5 Å². The Morgan fingerprint density at radius 2 is 1.94 bits per heavy atom. The van der Waals surface area contributed by atoms with Crippen LogP contribution in [0, 0.1) is 0 Å². The summed E-state index contributed by atoms with van der Waals surface area (Å²) in [5.74, 6) is -0.777.